The second-order valence-electron chi connectivity index (χ2n) is 4.04. The molecule has 1 atom stereocenters. The lowest BCUT2D eigenvalue weighted by molar-refractivity contribution is -0.142. The van der Waals surface area contributed by atoms with E-state index in [1.165, 1.54) is 12.3 Å². The number of anilines is 1. The van der Waals surface area contributed by atoms with Crippen LogP contribution in [-0.4, -0.2) is 46.6 Å². The van der Waals surface area contributed by atoms with Gasteiger partial charge in [-0.15, -0.1) is 0 Å². The van der Waals surface area contributed by atoms with Crippen LogP contribution in [0.2, 0.25) is 0 Å². The first-order valence-corrected chi connectivity index (χ1v) is 6.96. The lowest BCUT2D eigenvalue weighted by atomic mass is 10.1. The van der Waals surface area contributed by atoms with E-state index in [4.69, 9.17) is 5.11 Å². The Morgan fingerprint density at radius 3 is 2.94 bits per heavy atom. The van der Waals surface area contributed by atoms with Gasteiger partial charge in [-0.1, -0.05) is 0 Å². The summed E-state index contributed by atoms with van der Waals surface area (Å²) in [6, 6.07) is 0.455. The van der Waals surface area contributed by atoms with Crippen molar-refractivity contribution in [2.45, 2.75) is 25.3 Å². The summed E-state index contributed by atoms with van der Waals surface area (Å²) in [4.78, 5) is 11.1. The van der Waals surface area contributed by atoms with E-state index < -0.39 is 22.2 Å². The van der Waals surface area contributed by atoms with E-state index in [-0.39, 0.29) is 12.4 Å². The maximum atomic E-state index is 12.1. The number of H-pyrrole nitrogens is 1. The number of nitrogens with one attached hydrogen (secondary N) is 2. The number of aliphatic carboxylic acids is 1. The normalized spacial score (nSPS) is 21.7. The molecule has 1 aliphatic rings. The molecule has 1 unspecified atom stereocenters. The summed E-state index contributed by atoms with van der Waals surface area (Å²) in [7, 11) is -3.87. The van der Waals surface area contributed by atoms with Crippen LogP contribution in [0.5, 0.6) is 0 Å². The van der Waals surface area contributed by atoms with E-state index in [0.717, 1.165) is 4.31 Å². The summed E-state index contributed by atoms with van der Waals surface area (Å²) >= 11 is 0. The Morgan fingerprint density at radius 1 is 1.56 bits per heavy atom. The van der Waals surface area contributed by atoms with Crippen molar-refractivity contribution in [2.75, 3.05) is 11.3 Å². The van der Waals surface area contributed by atoms with E-state index in [2.05, 4.69) is 14.9 Å². The predicted octanol–water partition coefficient (Wildman–Crippen LogP) is 0.00550. The van der Waals surface area contributed by atoms with Crippen molar-refractivity contribution in [1.82, 2.24) is 14.5 Å². The van der Waals surface area contributed by atoms with Crippen LogP contribution in [0, 0.1) is 0 Å². The minimum absolute atomic E-state index is 0.209. The van der Waals surface area contributed by atoms with Crippen LogP contribution in [-0.2, 0) is 15.0 Å². The minimum Gasteiger partial charge on any atom is -0.480 e. The molecule has 9 heteroatoms. The molecular formula is C9H14N4O4S. The molecule has 0 spiro atoms. The molecule has 1 aromatic heterocycles. The molecule has 0 radical (unpaired) electrons. The van der Waals surface area contributed by atoms with Gasteiger partial charge >= 0.3 is 16.2 Å². The molecule has 0 bridgehead atoms. The molecule has 2 rings (SSSR count). The highest BCUT2D eigenvalue weighted by Gasteiger charge is 2.36. The van der Waals surface area contributed by atoms with Gasteiger partial charge in [-0.3, -0.25) is 14.6 Å². The van der Waals surface area contributed by atoms with Crippen molar-refractivity contribution >= 4 is 22.0 Å². The molecule has 1 fully saturated rings. The zero-order chi connectivity index (χ0) is 13.2. The number of nitrogens with zero attached hydrogens (tertiary/aromatic N) is 2. The minimum atomic E-state index is -3.87. The Balaban J connectivity index is 2.19. The zero-order valence-electron chi connectivity index (χ0n) is 9.54. The van der Waals surface area contributed by atoms with Crippen molar-refractivity contribution in [3.8, 4) is 0 Å². The highest BCUT2D eigenvalue weighted by Crippen LogP contribution is 2.21. The number of carboxylic acid groups (broad SMARTS) is 1. The average molecular weight is 274 g/mol. The third-order valence-corrected chi connectivity index (χ3v) is 4.32. The molecule has 2 heterocycles. The Labute approximate surface area is 104 Å². The van der Waals surface area contributed by atoms with Gasteiger partial charge in [0.25, 0.3) is 0 Å². The fraction of sp³-hybridized carbons (Fsp3) is 0.556. The Morgan fingerprint density at radius 2 is 2.33 bits per heavy atom. The van der Waals surface area contributed by atoms with Crippen molar-refractivity contribution < 1.29 is 18.3 Å². The lowest BCUT2D eigenvalue weighted by Gasteiger charge is -2.31. The van der Waals surface area contributed by atoms with Crippen LogP contribution in [0.15, 0.2) is 12.3 Å². The second kappa shape index (κ2) is 4.94. The number of aromatic amines is 1. The molecule has 1 saturated heterocycles. The van der Waals surface area contributed by atoms with Crippen LogP contribution >= 0.6 is 0 Å². The number of carboxylic acids is 1. The SMILES string of the molecule is O=C(O)C1CCCCN1S(=O)(=O)Nc1ccn[nH]1. The third kappa shape index (κ3) is 2.62. The van der Waals surface area contributed by atoms with Gasteiger partial charge in [0, 0.05) is 12.6 Å². The highest BCUT2D eigenvalue weighted by atomic mass is 32.2. The topological polar surface area (TPSA) is 115 Å². The number of carbonyl (C=O) groups is 1. The summed E-state index contributed by atoms with van der Waals surface area (Å²) in [5.74, 6) is -0.908. The van der Waals surface area contributed by atoms with Crippen LogP contribution in [0.25, 0.3) is 0 Å². The van der Waals surface area contributed by atoms with Crippen molar-refractivity contribution in [3.63, 3.8) is 0 Å². The van der Waals surface area contributed by atoms with Gasteiger partial charge in [0.2, 0.25) is 0 Å². The van der Waals surface area contributed by atoms with E-state index in [0.29, 0.717) is 19.3 Å². The molecule has 0 amide bonds. The molecule has 100 valence electrons. The average Bonchev–Trinajstić information content (AvgIpc) is 2.81. The molecule has 0 saturated carbocycles. The van der Waals surface area contributed by atoms with E-state index in [9.17, 15) is 13.2 Å². The molecular weight excluding hydrogens is 260 g/mol. The smallest absolute Gasteiger partial charge is 0.322 e. The summed E-state index contributed by atoms with van der Waals surface area (Å²) in [5.41, 5.74) is 0. The van der Waals surface area contributed by atoms with Gasteiger partial charge < -0.3 is 5.11 Å². The van der Waals surface area contributed by atoms with Crippen LogP contribution < -0.4 is 4.72 Å². The van der Waals surface area contributed by atoms with Gasteiger partial charge in [0.15, 0.2) is 0 Å². The number of rotatable bonds is 4. The first kappa shape index (κ1) is 12.8. The van der Waals surface area contributed by atoms with Gasteiger partial charge in [-0.25, -0.2) is 0 Å². The van der Waals surface area contributed by atoms with E-state index in [1.54, 1.807) is 0 Å². The van der Waals surface area contributed by atoms with E-state index in [1.807, 2.05) is 0 Å². The quantitative estimate of drug-likeness (QED) is 0.715. The maximum Gasteiger partial charge on any atom is 0.322 e. The second-order valence-corrected chi connectivity index (χ2v) is 5.66. The van der Waals surface area contributed by atoms with Crippen molar-refractivity contribution in [3.05, 3.63) is 12.3 Å². The molecule has 3 N–H and O–H groups in total. The van der Waals surface area contributed by atoms with Gasteiger partial charge in [-0.2, -0.15) is 17.8 Å². The number of piperidine rings is 1. The Kier molecular flexibility index (Phi) is 3.53. The summed E-state index contributed by atoms with van der Waals surface area (Å²) in [5, 5.41) is 15.1. The highest BCUT2D eigenvalue weighted by molar-refractivity contribution is 7.90. The number of hydrogen-bond donors (Lipinski definition) is 3. The van der Waals surface area contributed by atoms with Crippen LogP contribution in [0.3, 0.4) is 0 Å². The maximum absolute atomic E-state index is 12.1. The van der Waals surface area contributed by atoms with Crippen molar-refractivity contribution in [2.24, 2.45) is 0 Å². The predicted molar refractivity (Wildman–Crippen MR) is 63.1 cm³/mol. The zero-order valence-corrected chi connectivity index (χ0v) is 10.4. The molecule has 0 aromatic carbocycles. The number of hydrogen-bond acceptors (Lipinski definition) is 4. The summed E-state index contributed by atoms with van der Waals surface area (Å²) in [6.07, 6.45) is 3.11. The monoisotopic (exact) mass is 274 g/mol. The standard InChI is InChI=1S/C9H14N4O4S/c14-9(15)7-3-1-2-6-13(7)18(16,17)12-8-4-5-10-11-8/h4-5,7H,1-3,6H2,(H,14,15)(H2,10,11,12). The number of aromatic nitrogens is 2. The molecule has 0 aliphatic carbocycles. The Hall–Kier alpha value is -1.61. The first-order chi connectivity index (χ1) is 8.50. The summed E-state index contributed by atoms with van der Waals surface area (Å²) in [6.45, 7) is 0.209. The van der Waals surface area contributed by atoms with E-state index >= 15 is 0 Å². The molecule has 1 aliphatic heterocycles. The molecule has 1 aromatic rings. The van der Waals surface area contributed by atoms with Crippen LogP contribution in [0.4, 0.5) is 5.82 Å². The first-order valence-electron chi connectivity index (χ1n) is 5.52. The largest absolute Gasteiger partial charge is 0.480 e. The van der Waals surface area contributed by atoms with Gasteiger partial charge in [0.1, 0.15) is 11.9 Å². The van der Waals surface area contributed by atoms with Gasteiger partial charge in [0.05, 0.1) is 6.20 Å². The third-order valence-electron chi connectivity index (χ3n) is 2.79. The summed E-state index contributed by atoms with van der Waals surface area (Å²) < 4.78 is 27.4. The van der Waals surface area contributed by atoms with Crippen LogP contribution in [0.1, 0.15) is 19.3 Å². The molecule has 8 nitrogen and oxygen atoms in total. The van der Waals surface area contributed by atoms with Gasteiger partial charge in [-0.05, 0) is 19.3 Å². The van der Waals surface area contributed by atoms with Crippen molar-refractivity contribution in [1.29, 1.82) is 0 Å². The Bertz CT molecular complexity index is 513. The molecule has 18 heavy (non-hydrogen) atoms. The fourth-order valence-corrected chi connectivity index (χ4v) is 3.36. The fourth-order valence-electron chi connectivity index (χ4n) is 1.95. The lowest BCUT2D eigenvalue weighted by Crippen LogP contribution is -2.49.